The maximum atomic E-state index is 6.15. The molecule has 3 heteroatoms. The van der Waals surface area contributed by atoms with Crippen LogP contribution in [0.4, 0.5) is 5.95 Å². The van der Waals surface area contributed by atoms with Gasteiger partial charge in [0.15, 0.2) is 0 Å². The Balaban J connectivity index is 2.06. The first-order valence-electron chi connectivity index (χ1n) is 6.97. The zero-order chi connectivity index (χ0) is 14.4. The fraction of sp³-hybridized carbons (Fsp3) is 0.0556. The number of imidazole rings is 1. The average Bonchev–Trinajstić information content (AvgIpc) is 2.84. The highest BCUT2D eigenvalue weighted by Crippen LogP contribution is 2.27. The molecule has 0 saturated heterocycles. The molecule has 0 aliphatic rings. The van der Waals surface area contributed by atoms with Gasteiger partial charge in [0.05, 0.1) is 11.0 Å². The van der Waals surface area contributed by atoms with Crippen molar-refractivity contribution in [3.8, 4) is 5.69 Å². The molecule has 0 saturated carbocycles. The Kier molecular flexibility index (Phi) is 2.48. The Labute approximate surface area is 122 Å². The third kappa shape index (κ3) is 1.78. The van der Waals surface area contributed by atoms with Crippen LogP contribution in [0, 0.1) is 6.92 Å². The van der Waals surface area contributed by atoms with Gasteiger partial charge in [-0.15, -0.1) is 0 Å². The minimum atomic E-state index is 0.523. The molecule has 0 fully saturated rings. The lowest BCUT2D eigenvalue weighted by atomic mass is 10.1. The van der Waals surface area contributed by atoms with E-state index in [2.05, 4.69) is 48.3 Å². The van der Waals surface area contributed by atoms with Gasteiger partial charge in [0.2, 0.25) is 5.95 Å². The van der Waals surface area contributed by atoms with E-state index in [1.807, 2.05) is 28.8 Å². The number of anilines is 1. The molecule has 102 valence electrons. The zero-order valence-corrected chi connectivity index (χ0v) is 11.7. The zero-order valence-electron chi connectivity index (χ0n) is 11.7. The molecule has 0 radical (unpaired) electrons. The van der Waals surface area contributed by atoms with Crippen molar-refractivity contribution in [3.63, 3.8) is 0 Å². The molecule has 0 unspecified atom stereocenters. The predicted octanol–water partition coefficient (Wildman–Crippen LogP) is 4.07. The number of benzene rings is 3. The van der Waals surface area contributed by atoms with Crippen molar-refractivity contribution in [2.24, 2.45) is 0 Å². The summed E-state index contributed by atoms with van der Waals surface area (Å²) in [6.45, 7) is 2.08. The summed E-state index contributed by atoms with van der Waals surface area (Å²) in [7, 11) is 0. The van der Waals surface area contributed by atoms with Crippen molar-refractivity contribution in [2.45, 2.75) is 6.92 Å². The Hall–Kier alpha value is -2.81. The number of aromatic nitrogens is 2. The minimum absolute atomic E-state index is 0.523. The standard InChI is InChI=1S/C18H15N3/c1-12-5-4-8-16-17(12)21(18(19)20-16)15-10-9-13-6-2-3-7-14(13)11-15/h2-11H,1H3,(H2,19,20). The van der Waals surface area contributed by atoms with Gasteiger partial charge in [0.1, 0.15) is 0 Å². The summed E-state index contributed by atoms with van der Waals surface area (Å²) in [5.74, 6) is 0.523. The van der Waals surface area contributed by atoms with E-state index < -0.39 is 0 Å². The third-order valence-corrected chi connectivity index (χ3v) is 3.90. The van der Waals surface area contributed by atoms with E-state index in [1.165, 1.54) is 16.3 Å². The molecule has 0 atom stereocenters. The molecular weight excluding hydrogens is 258 g/mol. The lowest BCUT2D eigenvalue weighted by molar-refractivity contribution is 1.11. The molecule has 0 aliphatic heterocycles. The number of rotatable bonds is 1. The number of para-hydroxylation sites is 1. The van der Waals surface area contributed by atoms with Gasteiger partial charge in [-0.2, -0.15) is 0 Å². The van der Waals surface area contributed by atoms with Crippen molar-refractivity contribution >= 4 is 27.8 Å². The molecule has 4 rings (SSSR count). The highest BCUT2D eigenvalue weighted by atomic mass is 15.2. The van der Waals surface area contributed by atoms with Crippen molar-refractivity contribution < 1.29 is 0 Å². The van der Waals surface area contributed by atoms with Crippen LogP contribution in [0.1, 0.15) is 5.56 Å². The first kappa shape index (κ1) is 12.0. The van der Waals surface area contributed by atoms with Crippen LogP contribution in [0.15, 0.2) is 60.7 Å². The summed E-state index contributed by atoms with van der Waals surface area (Å²) in [6, 6.07) is 20.8. The number of nitrogens with zero attached hydrogens (tertiary/aromatic N) is 2. The molecule has 1 heterocycles. The monoisotopic (exact) mass is 273 g/mol. The molecule has 0 spiro atoms. The first-order chi connectivity index (χ1) is 10.2. The second-order valence-corrected chi connectivity index (χ2v) is 5.28. The van der Waals surface area contributed by atoms with E-state index in [4.69, 9.17) is 5.73 Å². The van der Waals surface area contributed by atoms with Gasteiger partial charge in [0.25, 0.3) is 0 Å². The Morgan fingerprint density at radius 2 is 1.71 bits per heavy atom. The van der Waals surface area contributed by atoms with Crippen LogP contribution in [0.3, 0.4) is 0 Å². The van der Waals surface area contributed by atoms with E-state index in [0.717, 1.165) is 16.7 Å². The maximum Gasteiger partial charge on any atom is 0.205 e. The summed E-state index contributed by atoms with van der Waals surface area (Å²) in [6.07, 6.45) is 0. The fourth-order valence-corrected chi connectivity index (χ4v) is 2.89. The highest BCUT2D eigenvalue weighted by molar-refractivity contribution is 5.88. The number of aryl methyl sites for hydroxylation is 1. The van der Waals surface area contributed by atoms with E-state index in [0.29, 0.717) is 5.95 Å². The van der Waals surface area contributed by atoms with Crippen LogP contribution >= 0.6 is 0 Å². The number of hydrogen-bond acceptors (Lipinski definition) is 2. The van der Waals surface area contributed by atoms with Gasteiger partial charge in [0, 0.05) is 5.69 Å². The number of hydrogen-bond donors (Lipinski definition) is 1. The third-order valence-electron chi connectivity index (χ3n) is 3.90. The number of fused-ring (bicyclic) bond motifs is 2. The fourth-order valence-electron chi connectivity index (χ4n) is 2.89. The Morgan fingerprint density at radius 1 is 0.905 bits per heavy atom. The molecule has 4 aromatic rings. The second kappa shape index (κ2) is 4.35. The Morgan fingerprint density at radius 3 is 2.57 bits per heavy atom. The topological polar surface area (TPSA) is 43.8 Å². The van der Waals surface area contributed by atoms with Crippen LogP contribution in [-0.4, -0.2) is 9.55 Å². The molecule has 3 nitrogen and oxygen atoms in total. The highest BCUT2D eigenvalue weighted by Gasteiger charge is 2.12. The maximum absolute atomic E-state index is 6.15. The second-order valence-electron chi connectivity index (χ2n) is 5.28. The SMILES string of the molecule is Cc1cccc2nc(N)n(-c3ccc4ccccc4c3)c12. The van der Waals surface area contributed by atoms with Gasteiger partial charge in [-0.05, 0) is 41.5 Å². The summed E-state index contributed by atoms with van der Waals surface area (Å²) in [5.41, 5.74) is 10.4. The molecule has 0 aliphatic carbocycles. The van der Waals surface area contributed by atoms with Crippen molar-refractivity contribution in [2.75, 3.05) is 5.73 Å². The molecular formula is C18H15N3. The molecule has 3 aromatic carbocycles. The minimum Gasteiger partial charge on any atom is -0.369 e. The van der Waals surface area contributed by atoms with Crippen LogP contribution in [0.2, 0.25) is 0 Å². The largest absolute Gasteiger partial charge is 0.369 e. The normalized spacial score (nSPS) is 11.3. The van der Waals surface area contributed by atoms with Crippen molar-refractivity contribution in [1.29, 1.82) is 0 Å². The summed E-state index contributed by atoms with van der Waals surface area (Å²) >= 11 is 0. The smallest absolute Gasteiger partial charge is 0.205 e. The first-order valence-corrected chi connectivity index (χ1v) is 6.97. The van der Waals surface area contributed by atoms with Crippen molar-refractivity contribution in [1.82, 2.24) is 9.55 Å². The lowest BCUT2D eigenvalue weighted by Crippen LogP contribution is -2.01. The van der Waals surface area contributed by atoms with Crippen LogP contribution in [0.25, 0.3) is 27.5 Å². The Bertz CT molecular complexity index is 967. The van der Waals surface area contributed by atoms with Crippen LogP contribution < -0.4 is 5.73 Å². The van der Waals surface area contributed by atoms with Gasteiger partial charge >= 0.3 is 0 Å². The molecule has 0 amide bonds. The van der Waals surface area contributed by atoms with E-state index in [-0.39, 0.29) is 0 Å². The number of nitrogen functional groups attached to an aromatic ring is 1. The lowest BCUT2D eigenvalue weighted by Gasteiger charge is -2.09. The van der Waals surface area contributed by atoms with Crippen molar-refractivity contribution in [3.05, 3.63) is 66.2 Å². The summed E-state index contributed by atoms with van der Waals surface area (Å²) < 4.78 is 2.02. The van der Waals surface area contributed by atoms with Crippen LogP contribution in [0.5, 0.6) is 0 Å². The molecule has 2 N–H and O–H groups in total. The van der Waals surface area contributed by atoms with E-state index >= 15 is 0 Å². The van der Waals surface area contributed by atoms with E-state index in [9.17, 15) is 0 Å². The summed E-state index contributed by atoms with van der Waals surface area (Å²) in [4.78, 5) is 4.47. The molecule has 1 aromatic heterocycles. The predicted molar refractivity (Wildman–Crippen MR) is 87.7 cm³/mol. The molecule has 21 heavy (non-hydrogen) atoms. The van der Waals surface area contributed by atoms with Gasteiger partial charge in [-0.25, -0.2) is 4.98 Å². The van der Waals surface area contributed by atoms with Gasteiger partial charge in [-0.3, -0.25) is 4.57 Å². The molecule has 0 bridgehead atoms. The van der Waals surface area contributed by atoms with Crippen LogP contribution in [-0.2, 0) is 0 Å². The van der Waals surface area contributed by atoms with Gasteiger partial charge < -0.3 is 5.73 Å². The summed E-state index contributed by atoms with van der Waals surface area (Å²) in [5, 5.41) is 2.42. The van der Waals surface area contributed by atoms with Gasteiger partial charge in [-0.1, -0.05) is 42.5 Å². The van der Waals surface area contributed by atoms with E-state index in [1.54, 1.807) is 0 Å². The number of nitrogens with two attached hydrogens (primary N) is 1. The average molecular weight is 273 g/mol. The quantitative estimate of drug-likeness (QED) is 0.568.